The summed E-state index contributed by atoms with van der Waals surface area (Å²) < 4.78 is 0. The van der Waals surface area contributed by atoms with E-state index in [4.69, 9.17) is 11.6 Å². The van der Waals surface area contributed by atoms with Crippen LogP contribution < -0.4 is 10.6 Å². The quantitative estimate of drug-likeness (QED) is 0.625. The van der Waals surface area contributed by atoms with Gasteiger partial charge in [0.05, 0.1) is 19.6 Å². The second-order valence-corrected chi connectivity index (χ2v) is 9.94. The average Bonchev–Trinajstić information content (AvgIpc) is 2.76. The van der Waals surface area contributed by atoms with E-state index in [0.29, 0.717) is 29.1 Å². The van der Waals surface area contributed by atoms with Crippen LogP contribution in [0.15, 0.2) is 18.2 Å². The molecule has 1 aromatic carbocycles. The molecule has 2 aliphatic heterocycles. The number of likely N-dealkylation sites (tertiary alicyclic amines) is 1. The molecule has 3 amide bonds. The highest BCUT2D eigenvalue weighted by Gasteiger charge is 2.27. The zero-order chi connectivity index (χ0) is 24.0. The molecule has 2 heterocycles. The maximum atomic E-state index is 12.7. The first-order chi connectivity index (χ1) is 15.7. The van der Waals surface area contributed by atoms with Crippen LogP contribution in [0.25, 0.3) is 0 Å². The van der Waals surface area contributed by atoms with Crippen molar-refractivity contribution < 1.29 is 14.4 Å². The number of anilines is 1. The van der Waals surface area contributed by atoms with Crippen molar-refractivity contribution in [2.24, 2.45) is 11.8 Å². The molecule has 0 saturated carbocycles. The summed E-state index contributed by atoms with van der Waals surface area (Å²) in [6.45, 7) is 11.5. The number of nitrogens with zero attached hydrogens (tertiary/aromatic N) is 3. The zero-order valence-electron chi connectivity index (χ0n) is 19.9. The molecule has 2 unspecified atom stereocenters. The first kappa shape index (κ1) is 25.5. The van der Waals surface area contributed by atoms with Gasteiger partial charge in [-0.05, 0) is 42.9 Å². The number of nitrogens with one attached hydrogen (secondary N) is 2. The molecule has 2 atom stereocenters. The van der Waals surface area contributed by atoms with E-state index in [0.717, 1.165) is 44.8 Å². The number of rotatable bonds is 7. The molecular formula is C24H36ClN5O3. The highest BCUT2D eigenvalue weighted by atomic mass is 35.5. The Morgan fingerprint density at radius 3 is 2.21 bits per heavy atom. The van der Waals surface area contributed by atoms with Crippen LogP contribution in [0.2, 0.25) is 5.02 Å². The van der Waals surface area contributed by atoms with Crippen LogP contribution in [0.1, 0.15) is 25.8 Å². The molecule has 3 rings (SSSR count). The lowest BCUT2D eigenvalue weighted by Gasteiger charge is -2.38. The lowest BCUT2D eigenvalue weighted by Crippen LogP contribution is -2.53. The molecule has 1 aromatic rings. The minimum absolute atomic E-state index is 0.0913. The predicted molar refractivity (Wildman–Crippen MR) is 130 cm³/mol. The monoisotopic (exact) mass is 477 g/mol. The molecule has 33 heavy (non-hydrogen) atoms. The van der Waals surface area contributed by atoms with Gasteiger partial charge in [0.1, 0.15) is 0 Å². The van der Waals surface area contributed by atoms with Crippen molar-refractivity contribution in [2.75, 3.05) is 64.2 Å². The molecule has 0 bridgehead atoms. The second-order valence-electron chi connectivity index (χ2n) is 9.53. The zero-order valence-corrected chi connectivity index (χ0v) is 20.7. The number of benzene rings is 1. The molecule has 2 N–H and O–H groups in total. The van der Waals surface area contributed by atoms with Gasteiger partial charge in [-0.3, -0.25) is 24.2 Å². The Labute approximate surface area is 201 Å². The summed E-state index contributed by atoms with van der Waals surface area (Å²) in [6.07, 6.45) is 1.19. The number of piperazine rings is 1. The third kappa shape index (κ3) is 7.69. The molecule has 8 nitrogen and oxygen atoms in total. The predicted octanol–water partition coefficient (Wildman–Crippen LogP) is 1.83. The van der Waals surface area contributed by atoms with E-state index in [-0.39, 0.29) is 30.8 Å². The van der Waals surface area contributed by atoms with Crippen molar-refractivity contribution in [1.82, 2.24) is 20.0 Å². The van der Waals surface area contributed by atoms with Crippen LogP contribution >= 0.6 is 11.6 Å². The summed E-state index contributed by atoms with van der Waals surface area (Å²) in [5.41, 5.74) is 1.43. The van der Waals surface area contributed by atoms with Crippen LogP contribution in [-0.2, 0) is 14.4 Å². The number of hydrogen-bond donors (Lipinski definition) is 2. The topological polar surface area (TPSA) is 85.0 Å². The molecule has 0 spiro atoms. The van der Waals surface area contributed by atoms with Crippen LogP contribution in [0.5, 0.6) is 0 Å². The number of carbonyl (C=O) groups excluding carboxylic acids is 3. The standard InChI is InChI=1S/C24H36ClN5O3/c1-17-11-18(2)14-30(13-17)24(33)16-29-9-7-28(8-10-29)15-23(32)26-12-22(31)27-21-6-4-5-20(25)19(21)3/h4-6,17-18H,7-16H2,1-3H3,(H,26,32)(H,27,31). The SMILES string of the molecule is Cc1c(Cl)cccc1NC(=O)CNC(=O)CN1CCN(CC(=O)N2CC(C)CC(C)C2)CC1. The minimum Gasteiger partial charge on any atom is -0.346 e. The van der Waals surface area contributed by atoms with Gasteiger partial charge < -0.3 is 15.5 Å². The van der Waals surface area contributed by atoms with E-state index in [9.17, 15) is 14.4 Å². The summed E-state index contributed by atoms with van der Waals surface area (Å²) in [4.78, 5) is 43.4. The Kier molecular flexibility index (Phi) is 9.11. The Hall–Kier alpha value is -2.16. The summed E-state index contributed by atoms with van der Waals surface area (Å²) in [6, 6.07) is 5.31. The summed E-state index contributed by atoms with van der Waals surface area (Å²) >= 11 is 6.07. The van der Waals surface area contributed by atoms with E-state index in [1.807, 2.05) is 11.8 Å². The maximum Gasteiger partial charge on any atom is 0.243 e. The Balaban J connectivity index is 1.34. The molecule has 182 valence electrons. The van der Waals surface area contributed by atoms with E-state index in [1.165, 1.54) is 6.42 Å². The van der Waals surface area contributed by atoms with Crippen molar-refractivity contribution in [2.45, 2.75) is 27.2 Å². The fourth-order valence-corrected chi connectivity index (χ4v) is 4.81. The van der Waals surface area contributed by atoms with Crippen LogP contribution in [0.4, 0.5) is 5.69 Å². The van der Waals surface area contributed by atoms with Gasteiger partial charge in [-0.15, -0.1) is 0 Å². The lowest BCUT2D eigenvalue weighted by molar-refractivity contribution is -0.135. The van der Waals surface area contributed by atoms with Crippen LogP contribution in [0.3, 0.4) is 0 Å². The fraction of sp³-hybridized carbons (Fsp3) is 0.625. The summed E-state index contributed by atoms with van der Waals surface area (Å²) in [7, 11) is 0. The Morgan fingerprint density at radius 2 is 1.58 bits per heavy atom. The third-order valence-electron chi connectivity index (χ3n) is 6.40. The highest BCUT2D eigenvalue weighted by molar-refractivity contribution is 6.31. The Morgan fingerprint density at radius 1 is 0.970 bits per heavy atom. The summed E-state index contributed by atoms with van der Waals surface area (Å²) in [5.74, 6) is 0.849. The van der Waals surface area contributed by atoms with Gasteiger partial charge in [0.2, 0.25) is 17.7 Å². The normalized spacial score (nSPS) is 22.1. The minimum atomic E-state index is -0.293. The van der Waals surface area contributed by atoms with Crippen LogP contribution in [-0.4, -0.2) is 91.3 Å². The van der Waals surface area contributed by atoms with Crippen molar-refractivity contribution in [3.05, 3.63) is 28.8 Å². The van der Waals surface area contributed by atoms with Crippen molar-refractivity contribution in [3.63, 3.8) is 0 Å². The molecule has 2 fully saturated rings. The van der Waals surface area contributed by atoms with Crippen molar-refractivity contribution in [1.29, 1.82) is 0 Å². The van der Waals surface area contributed by atoms with Gasteiger partial charge in [0, 0.05) is 50.0 Å². The van der Waals surface area contributed by atoms with Crippen molar-refractivity contribution >= 4 is 35.0 Å². The molecular weight excluding hydrogens is 442 g/mol. The highest BCUT2D eigenvalue weighted by Crippen LogP contribution is 2.23. The van der Waals surface area contributed by atoms with Gasteiger partial charge in [0.15, 0.2) is 0 Å². The third-order valence-corrected chi connectivity index (χ3v) is 6.81. The molecule has 0 radical (unpaired) electrons. The largest absolute Gasteiger partial charge is 0.346 e. The van der Waals surface area contributed by atoms with E-state index >= 15 is 0 Å². The van der Waals surface area contributed by atoms with Crippen LogP contribution in [0, 0.1) is 18.8 Å². The van der Waals surface area contributed by atoms with Gasteiger partial charge in [-0.2, -0.15) is 0 Å². The van der Waals surface area contributed by atoms with E-state index in [1.54, 1.807) is 18.2 Å². The number of piperidine rings is 1. The lowest BCUT2D eigenvalue weighted by atomic mass is 9.92. The number of hydrogen-bond acceptors (Lipinski definition) is 5. The summed E-state index contributed by atoms with van der Waals surface area (Å²) in [5, 5.41) is 6.03. The van der Waals surface area contributed by atoms with E-state index in [2.05, 4.69) is 34.3 Å². The molecule has 2 saturated heterocycles. The fourth-order valence-electron chi connectivity index (χ4n) is 4.64. The average molecular weight is 478 g/mol. The smallest absolute Gasteiger partial charge is 0.243 e. The Bertz CT molecular complexity index is 847. The molecule has 9 heteroatoms. The molecule has 0 aromatic heterocycles. The first-order valence-electron chi connectivity index (χ1n) is 11.8. The number of carbonyl (C=O) groups is 3. The van der Waals surface area contributed by atoms with Gasteiger partial charge in [0.25, 0.3) is 0 Å². The van der Waals surface area contributed by atoms with Gasteiger partial charge in [-0.1, -0.05) is 31.5 Å². The van der Waals surface area contributed by atoms with Gasteiger partial charge >= 0.3 is 0 Å². The first-order valence-corrected chi connectivity index (χ1v) is 12.1. The molecule has 0 aliphatic carbocycles. The van der Waals surface area contributed by atoms with Gasteiger partial charge in [-0.25, -0.2) is 0 Å². The second kappa shape index (κ2) is 11.8. The van der Waals surface area contributed by atoms with E-state index < -0.39 is 0 Å². The number of amides is 3. The molecule has 2 aliphatic rings. The number of halogens is 1. The maximum absolute atomic E-state index is 12.7. The van der Waals surface area contributed by atoms with Crippen molar-refractivity contribution in [3.8, 4) is 0 Å².